The molecule has 18 heavy (non-hydrogen) atoms. The summed E-state index contributed by atoms with van der Waals surface area (Å²) in [6.45, 7) is 0. The van der Waals surface area contributed by atoms with Gasteiger partial charge in [-0.15, -0.1) is 21.5 Å². The minimum atomic E-state index is 0.519. The van der Waals surface area contributed by atoms with Gasteiger partial charge in [-0.3, -0.25) is 0 Å². The van der Waals surface area contributed by atoms with E-state index in [1.807, 2.05) is 29.6 Å². The van der Waals surface area contributed by atoms with Crippen molar-refractivity contribution in [2.75, 3.05) is 5.73 Å². The Morgan fingerprint density at radius 2 is 2.11 bits per heavy atom. The van der Waals surface area contributed by atoms with E-state index in [1.165, 1.54) is 11.3 Å². The molecule has 1 aromatic carbocycles. The van der Waals surface area contributed by atoms with Crippen molar-refractivity contribution in [2.24, 2.45) is 0 Å². The third-order valence-corrected chi connectivity index (χ3v) is 3.93. The Morgan fingerprint density at radius 1 is 1.28 bits per heavy atom. The lowest BCUT2D eigenvalue weighted by atomic mass is 10.0. The summed E-state index contributed by atoms with van der Waals surface area (Å²) in [5.41, 5.74) is 8.38. The molecule has 2 aromatic heterocycles. The van der Waals surface area contributed by atoms with Gasteiger partial charge in [-0.25, -0.2) is 0 Å². The summed E-state index contributed by atoms with van der Waals surface area (Å²) in [5, 5.41) is 16.4. The van der Waals surface area contributed by atoms with Crippen LogP contribution < -0.4 is 5.73 Å². The number of para-hydroxylation sites is 1. The molecular weight excluding hydrogens is 270 g/mol. The highest BCUT2D eigenvalue weighted by Gasteiger charge is 2.18. The number of nitrogen functional groups attached to an aromatic ring is 1. The maximum atomic E-state index is 6.24. The van der Waals surface area contributed by atoms with Crippen molar-refractivity contribution in [3.05, 3.63) is 34.7 Å². The quantitative estimate of drug-likeness (QED) is 0.706. The standard InChI is InChI=1S/C11H8ClN5S/c12-7-5-18-10(11-14-16-17-15-11)9(7)6-3-1-2-4-8(6)13/h1-5H,13H2,(H,14,15,16,17). The van der Waals surface area contributed by atoms with Crippen molar-refractivity contribution in [1.82, 2.24) is 20.6 Å². The number of anilines is 1. The smallest absolute Gasteiger partial charge is 0.215 e. The lowest BCUT2D eigenvalue weighted by molar-refractivity contribution is 0.881. The molecule has 90 valence electrons. The van der Waals surface area contributed by atoms with Gasteiger partial charge in [0.2, 0.25) is 5.82 Å². The van der Waals surface area contributed by atoms with Gasteiger partial charge in [0.1, 0.15) is 0 Å². The predicted molar refractivity (Wildman–Crippen MR) is 72.3 cm³/mol. The average Bonchev–Trinajstić information content (AvgIpc) is 2.99. The minimum absolute atomic E-state index is 0.519. The zero-order chi connectivity index (χ0) is 12.5. The maximum Gasteiger partial charge on any atom is 0.215 e. The number of rotatable bonds is 2. The number of nitrogens with zero attached hydrogens (tertiary/aromatic N) is 3. The molecular formula is C11H8ClN5S. The van der Waals surface area contributed by atoms with Crippen LogP contribution in [0.15, 0.2) is 29.6 Å². The monoisotopic (exact) mass is 277 g/mol. The SMILES string of the molecule is Nc1ccccc1-c1c(Cl)csc1-c1nn[nH]n1. The lowest BCUT2D eigenvalue weighted by Gasteiger charge is -2.05. The van der Waals surface area contributed by atoms with Crippen LogP contribution in [0.25, 0.3) is 21.8 Å². The number of tetrazole rings is 1. The molecule has 5 nitrogen and oxygen atoms in total. The second-order valence-electron chi connectivity index (χ2n) is 3.61. The molecule has 0 atom stereocenters. The predicted octanol–water partition coefficient (Wildman–Crippen LogP) is 2.83. The second-order valence-corrected chi connectivity index (χ2v) is 4.90. The third kappa shape index (κ3) is 1.75. The number of hydrogen-bond donors (Lipinski definition) is 2. The van der Waals surface area contributed by atoms with Crippen LogP contribution >= 0.6 is 22.9 Å². The molecule has 7 heteroatoms. The number of aromatic nitrogens is 4. The molecule has 0 aliphatic rings. The zero-order valence-corrected chi connectivity index (χ0v) is 10.7. The first-order chi connectivity index (χ1) is 8.77. The molecule has 0 unspecified atom stereocenters. The van der Waals surface area contributed by atoms with E-state index < -0.39 is 0 Å². The van der Waals surface area contributed by atoms with Crippen molar-refractivity contribution in [3.8, 4) is 21.8 Å². The fourth-order valence-corrected chi connectivity index (χ4v) is 2.99. The van der Waals surface area contributed by atoms with Gasteiger partial charge in [-0.05, 0) is 11.3 Å². The number of benzene rings is 1. The Kier molecular flexibility index (Phi) is 2.73. The van der Waals surface area contributed by atoms with Crippen LogP contribution in [0, 0.1) is 0 Å². The van der Waals surface area contributed by atoms with Gasteiger partial charge < -0.3 is 5.73 Å². The van der Waals surface area contributed by atoms with Gasteiger partial charge in [0.25, 0.3) is 0 Å². The maximum absolute atomic E-state index is 6.24. The Morgan fingerprint density at radius 3 is 2.83 bits per heavy atom. The summed E-state index contributed by atoms with van der Waals surface area (Å²) in [7, 11) is 0. The van der Waals surface area contributed by atoms with Crippen LogP contribution in [0.1, 0.15) is 0 Å². The molecule has 0 radical (unpaired) electrons. The van der Waals surface area contributed by atoms with Gasteiger partial charge in [-0.1, -0.05) is 29.8 Å². The molecule has 0 spiro atoms. The van der Waals surface area contributed by atoms with E-state index >= 15 is 0 Å². The van der Waals surface area contributed by atoms with Crippen molar-refractivity contribution in [2.45, 2.75) is 0 Å². The Bertz CT molecular complexity index is 677. The summed E-state index contributed by atoms with van der Waals surface area (Å²) >= 11 is 7.70. The first-order valence-electron chi connectivity index (χ1n) is 5.13. The molecule has 0 fully saturated rings. The van der Waals surface area contributed by atoms with Crippen LogP contribution in [-0.2, 0) is 0 Å². The molecule has 3 rings (SSSR count). The lowest BCUT2D eigenvalue weighted by Crippen LogP contribution is -1.90. The summed E-state index contributed by atoms with van der Waals surface area (Å²) in [6.07, 6.45) is 0. The van der Waals surface area contributed by atoms with Crippen LogP contribution in [-0.4, -0.2) is 20.6 Å². The number of nitrogens with one attached hydrogen (secondary N) is 1. The van der Waals surface area contributed by atoms with Gasteiger partial charge >= 0.3 is 0 Å². The van der Waals surface area contributed by atoms with Crippen molar-refractivity contribution >= 4 is 28.6 Å². The third-order valence-electron chi connectivity index (χ3n) is 2.52. The van der Waals surface area contributed by atoms with Gasteiger partial charge in [0, 0.05) is 22.2 Å². The number of thiophene rings is 1. The summed E-state index contributed by atoms with van der Waals surface area (Å²) < 4.78 is 0. The molecule has 3 N–H and O–H groups in total. The fraction of sp³-hybridized carbons (Fsp3) is 0. The number of nitrogens with two attached hydrogens (primary N) is 1. The topological polar surface area (TPSA) is 80.5 Å². The van der Waals surface area contributed by atoms with Crippen molar-refractivity contribution in [1.29, 1.82) is 0 Å². The number of hydrogen-bond acceptors (Lipinski definition) is 5. The van der Waals surface area contributed by atoms with E-state index in [9.17, 15) is 0 Å². The Labute approximate surface area is 112 Å². The van der Waals surface area contributed by atoms with Gasteiger partial charge in [0.05, 0.1) is 9.90 Å². The Balaban J connectivity index is 2.24. The van der Waals surface area contributed by atoms with Crippen molar-refractivity contribution in [3.63, 3.8) is 0 Å². The molecule has 2 heterocycles. The van der Waals surface area contributed by atoms with E-state index in [2.05, 4.69) is 20.6 Å². The molecule has 3 aromatic rings. The molecule has 0 aliphatic heterocycles. The van der Waals surface area contributed by atoms with Gasteiger partial charge in [0.15, 0.2) is 0 Å². The van der Waals surface area contributed by atoms with E-state index in [-0.39, 0.29) is 0 Å². The molecule has 0 amide bonds. The highest BCUT2D eigenvalue weighted by molar-refractivity contribution is 7.14. The second kappa shape index (κ2) is 4.40. The minimum Gasteiger partial charge on any atom is -0.398 e. The van der Waals surface area contributed by atoms with Gasteiger partial charge in [-0.2, -0.15) is 5.21 Å². The number of H-pyrrole nitrogens is 1. The zero-order valence-electron chi connectivity index (χ0n) is 9.09. The first kappa shape index (κ1) is 11.2. The first-order valence-corrected chi connectivity index (χ1v) is 6.39. The van der Waals surface area contributed by atoms with E-state index in [1.54, 1.807) is 0 Å². The molecule has 0 saturated heterocycles. The highest BCUT2D eigenvalue weighted by Crippen LogP contribution is 2.42. The number of aromatic amines is 1. The molecule has 0 aliphatic carbocycles. The largest absolute Gasteiger partial charge is 0.398 e. The average molecular weight is 278 g/mol. The fourth-order valence-electron chi connectivity index (χ4n) is 1.74. The summed E-state index contributed by atoms with van der Waals surface area (Å²) in [4.78, 5) is 0.853. The van der Waals surface area contributed by atoms with Crippen LogP contribution in [0.3, 0.4) is 0 Å². The summed E-state index contributed by atoms with van der Waals surface area (Å²) in [6, 6.07) is 7.56. The van der Waals surface area contributed by atoms with Crippen LogP contribution in [0.5, 0.6) is 0 Å². The number of halogens is 1. The van der Waals surface area contributed by atoms with Crippen LogP contribution in [0.4, 0.5) is 5.69 Å². The summed E-state index contributed by atoms with van der Waals surface area (Å²) in [5.74, 6) is 0.519. The van der Waals surface area contributed by atoms with E-state index in [4.69, 9.17) is 17.3 Å². The van der Waals surface area contributed by atoms with E-state index in [0.29, 0.717) is 16.5 Å². The van der Waals surface area contributed by atoms with E-state index in [0.717, 1.165) is 16.0 Å². The molecule has 0 bridgehead atoms. The normalized spacial score (nSPS) is 10.7. The van der Waals surface area contributed by atoms with Crippen LogP contribution in [0.2, 0.25) is 5.02 Å². The Hall–Kier alpha value is -1.92. The highest BCUT2D eigenvalue weighted by atomic mass is 35.5. The molecule has 0 saturated carbocycles. The van der Waals surface area contributed by atoms with Crippen molar-refractivity contribution < 1.29 is 0 Å².